The lowest BCUT2D eigenvalue weighted by Gasteiger charge is -2.16. The number of hydrogen-bond acceptors (Lipinski definition) is 3. The Hall–Kier alpha value is -0.660. The number of rotatable bonds is 4. The van der Waals surface area contributed by atoms with Crippen molar-refractivity contribution in [3.8, 4) is 0 Å². The molecule has 1 N–H and O–H groups in total. The summed E-state index contributed by atoms with van der Waals surface area (Å²) in [5.74, 6) is -0.706. The fourth-order valence-corrected chi connectivity index (χ4v) is 3.10. The van der Waals surface area contributed by atoms with E-state index in [1.807, 2.05) is 13.8 Å². The van der Waals surface area contributed by atoms with Crippen molar-refractivity contribution in [2.75, 3.05) is 20.1 Å². The zero-order valence-electron chi connectivity index (χ0n) is 9.75. The monoisotopic (exact) mass is 250 g/mol. The van der Waals surface area contributed by atoms with Gasteiger partial charge in [-0.2, -0.15) is 17.0 Å². The lowest BCUT2D eigenvalue weighted by Crippen LogP contribution is -2.36. The molecule has 6 nitrogen and oxygen atoms in total. The third-order valence-corrected chi connectivity index (χ3v) is 4.71. The van der Waals surface area contributed by atoms with Crippen LogP contribution in [0.1, 0.15) is 20.3 Å². The van der Waals surface area contributed by atoms with Crippen LogP contribution in [0.5, 0.6) is 0 Å². The van der Waals surface area contributed by atoms with Gasteiger partial charge >= 0.3 is 5.97 Å². The number of nitrogens with zero attached hydrogens (tertiary/aromatic N) is 2. The molecule has 1 unspecified atom stereocenters. The molecule has 0 aliphatic carbocycles. The second-order valence-electron chi connectivity index (χ2n) is 4.42. The summed E-state index contributed by atoms with van der Waals surface area (Å²) < 4.78 is 25.8. The van der Waals surface area contributed by atoms with Crippen LogP contribution in [0.3, 0.4) is 0 Å². The molecule has 16 heavy (non-hydrogen) atoms. The van der Waals surface area contributed by atoms with Gasteiger partial charge in [-0.05, 0) is 12.3 Å². The number of aliphatic carboxylic acids is 1. The Labute approximate surface area is 96.0 Å². The predicted molar refractivity (Wildman–Crippen MR) is 59.1 cm³/mol. The maximum Gasteiger partial charge on any atom is 0.323 e. The van der Waals surface area contributed by atoms with E-state index >= 15 is 0 Å². The molecule has 1 fully saturated rings. The number of carbonyl (C=O) groups is 1. The van der Waals surface area contributed by atoms with E-state index in [0.29, 0.717) is 12.5 Å². The quantitative estimate of drug-likeness (QED) is 0.760. The topological polar surface area (TPSA) is 77.9 Å². The van der Waals surface area contributed by atoms with E-state index in [0.717, 1.165) is 10.7 Å². The lowest BCUT2D eigenvalue weighted by molar-refractivity contribution is -0.140. The molecule has 0 radical (unpaired) electrons. The molecule has 0 amide bonds. The van der Waals surface area contributed by atoms with E-state index in [1.165, 1.54) is 11.4 Å². The first-order valence-corrected chi connectivity index (χ1v) is 6.62. The van der Waals surface area contributed by atoms with Crippen molar-refractivity contribution in [3.05, 3.63) is 0 Å². The van der Waals surface area contributed by atoms with Crippen LogP contribution in [0, 0.1) is 5.92 Å². The van der Waals surface area contributed by atoms with Crippen LogP contribution >= 0.6 is 0 Å². The first-order valence-electron chi connectivity index (χ1n) is 5.22. The van der Waals surface area contributed by atoms with Gasteiger partial charge in [-0.25, -0.2) is 0 Å². The van der Waals surface area contributed by atoms with Crippen molar-refractivity contribution < 1.29 is 18.3 Å². The molecule has 1 saturated heterocycles. The Kier molecular flexibility index (Phi) is 3.92. The average molecular weight is 250 g/mol. The first-order chi connectivity index (χ1) is 7.26. The van der Waals surface area contributed by atoms with Crippen LogP contribution in [0.25, 0.3) is 0 Å². The number of likely N-dealkylation sites (N-methyl/N-ethyl adjacent to an activating group) is 1. The standard InChI is InChI=1S/C9H18N2O4S/c1-7(2)4-5-11-6-8(9(12)13)10(3)16(11,14)15/h7-8H,4-6H2,1-3H3,(H,12,13). The van der Waals surface area contributed by atoms with Gasteiger partial charge in [0.15, 0.2) is 0 Å². The number of hydrogen-bond donors (Lipinski definition) is 1. The van der Waals surface area contributed by atoms with Gasteiger partial charge in [-0.3, -0.25) is 4.79 Å². The van der Waals surface area contributed by atoms with E-state index in [2.05, 4.69) is 0 Å². The smallest absolute Gasteiger partial charge is 0.323 e. The molecule has 0 aromatic heterocycles. The molecule has 1 rings (SSSR count). The van der Waals surface area contributed by atoms with Gasteiger partial charge < -0.3 is 5.11 Å². The highest BCUT2D eigenvalue weighted by atomic mass is 32.2. The van der Waals surface area contributed by atoms with Gasteiger partial charge in [-0.1, -0.05) is 13.8 Å². The highest BCUT2D eigenvalue weighted by Gasteiger charge is 2.44. The maximum atomic E-state index is 11.8. The SMILES string of the molecule is CC(C)CCN1CC(C(=O)O)N(C)S1(=O)=O. The van der Waals surface area contributed by atoms with Crippen LogP contribution in [0.4, 0.5) is 0 Å². The van der Waals surface area contributed by atoms with E-state index < -0.39 is 22.2 Å². The molecule has 94 valence electrons. The summed E-state index contributed by atoms with van der Waals surface area (Å²) in [6.45, 7) is 4.43. The normalized spacial score (nSPS) is 26.4. The summed E-state index contributed by atoms with van der Waals surface area (Å²) in [5, 5.41) is 8.88. The summed E-state index contributed by atoms with van der Waals surface area (Å²) in [7, 11) is -2.26. The largest absolute Gasteiger partial charge is 0.480 e. The van der Waals surface area contributed by atoms with Crippen molar-refractivity contribution >= 4 is 16.2 Å². The third-order valence-electron chi connectivity index (χ3n) is 2.75. The summed E-state index contributed by atoms with van der Waals surface area (Å²) >= 11 is 0. The fraction of sp³-hybridized carbons (Fsp3) is 0.889. The molecule has 7 heteroatoms. The van der Waals surface area contributed by atoms with Crippen molar-refractivity contribution in [2.24, 2.45) is 5.92 Å². The van der Waals surface area contributed by atoms with Gasteiger partial charge in [0.2, 0.25) is 0 Å². The zero-order chi connectivity index (χ0) is 12.5. The van der Waals surface area contributed by atoms with E-state index in [4.69, 9.17) is 5.11 Å². The highest BCUT2D eigenvalue weighted by Crippen LogP contribution is 2.21. The minimum absolute atomic E-state index is 0.0425. The minimum atomic E-state index is -3.57. The van der Waals surface area contributed by atoms with Gasteiger partial charge in [0, 0.05) is 20.1 Å². The average Bonchev–Trinajstić information content (AvgIpc) is 2.36. The van der Waals surface area contributed by atoms with Crippen molar-refractivity contribution in [3.63, 3.8) is 0 Å². The summed E-state index contributed by atoms with van der Waals surface area (Å²) in [6.07, 6.45) is 0.736. The molecule has 0 saturated carbocycles. The molecule has 0 bridgehead atoms. The number of carboxylic acid groups (broad SMARTS) is 1. The molecule has 0 aromatic rings. The summed E-state index contributed by atoms with van der Waals surface area (Å²) in [6, 6.07) is -0.961. The summed E-state index contributed by atoms with van der Waals surface area (Å²) in [4.78, 5) is 10.9. The van der Waals surface area contributed by atoms with Crippen LogP contribution in [-0.4, -0.2) is 54.3 Å². The molecular weight excluding hydrogens is 232 g/mol. The predicted octanol–water partition coefficient (Wildman–Crippen LogP) is -0.0221. The minimum Gasteiger partial charge on any atom is -0.480 e. The van der Waals surface area contributed by atoms with Crippen molar-refractivity contribution in [1.29, 1.82) is 0 Å². The van der Waals surface area contributed by atoms with Crippen molar-refractivity contribution in [1.82, 2.24) is 8.61 Å². The van der Waals surface area contributed by atoms with E-state index in [9.17, 15) is 13.2 Å². The Morgan fingerprint density at radius 2 is 2.06 bits per heavy atom. The van der Waals surface area contributed by atoms with Crippen LogP contribution in [0.2, 0.25) is 0 Å². The van der Waals surface area contributed by atoms with Gasteiger partial charge in [0.05, 0.1) is 0 Å². The van der Waals surface area contributed by atoms with Gasteiger partial charge in [0.25, 0.3) is 10.2 Å². The van der Waals surface area contributed by atoms with Gasteiger partial charge in [-0.15, -0.1) is 0 Å². The third kappa shape index (κ3) is 2.53. The molecule has 0 spiro atoms. The molecule has 1 aliphatic rings. The van der Waals surface area contributed by atoms with Crippen LogP contribution in [0.15, 0.2) is 0 Å². The molecule has 1 aliphatic heterocycles. The lowest BCUT2D eigenvalue weighted by atomic mass is 10.1. The van der Waals surface area contributed by atoms with E-state index in [1.54, 1.807) is 0 Å². The summed E-state index contributed by atoms with van der Waals surface area (Å²) in [5.41, 5.74) is 0. The van der Waals surface area contributed by atoms with Gasteiger partial charge in [0.1, 0.15) is 6.04 Å². The number of carboxylic acids is 1. The van der Waals surface area contributed by atoms with Crippen LogP contribution in [-0.2, 0) is 15.0 Å². The zero-order valence-corrected chi connectivity index (χ0v) is 10.6. The Bertz CT molecular complexity index is 366. The first kappa shape index (κ1) is 13.4. The second-order valence-corrected chi connectivity index (χ2v) is 6.41. The Morgan fingerprint density at radius 3 is 2.44 bits per heavy atom. The Morgan fingerprint density at radius 1 is 1.50 bits per heavy atom. The highest BCUT2D eigenvalue weighted by molar-refractivity contribution is 7.87. The second kappa shape index (κ2) is 4.68. The van der Waals surface area contributed by atoms with E-state index in [-0.39, 0.29) is 6.54 Å². The molecular formula is C9H18N2O4S. The van der Waals surface area contributed by atoms with Crippen LogP contribution < -0.4 is 0 Å². The van der Waals surface area contributed by atoms with Crippen molar-refractivity contribution in [2.45, 2.75) is 26.3 Å². The maximum absolute atomic E-state index is 11.8. The Balaban J connectivity index is 2.77. The molecule has 0 aromatic carbocycles. The molecule has 1 heterocycles. The molecule has 1 atom stereocenters. The fourth-order valence-electron chi connectivity index (χ4n) is 1.59.